The van der Waals surface area contributed by atoms with Crippen molar-refractivity contribution in [3.63, 3.8) is 0 Å². The van der Waals surface area contributed by atoms with Crippen molar-refractivity contribution in [3.05, 3.63) is 47.0 Å². The van der Waals surface area contributed by atoms with Crippen LogP contribution in [0.1, 0.15) is 49.5 Å². The Bertz CT molecular complexity index is 910. The van der Waals surface area contributed by atoms with Crippen molar-refractivity contribution in [2.45, 2.75) is 71.3 Å². The van der Waals surface area contributed by atoms with Gasteiger partial charge in [-0.15, -0.1) is 0 Å². The Morgan fingerprint density at radius 1 is 1.25 bits per heavy atom. The monoisotopic (exact) mass is 439 g/mol. The number of hydrogen-bond acceptors (Lipinski definition) is 5. The molecule has 1 aromatic heterocycles. The maximum absolute atomic E-state index is 5.18. The second-order valence-electron chi connectivity index (χ2n) is 8.71. The highest BCUT2D eigenvalue weighted by atomic mass is 16.5. The number of ether oxygens (including phenoxy) is 1. The second-order valence-corrected chi connectivity index (χ2v) is 8.71. The zero-order valence-electron chi connectivity index (χ0n) is 19.7. The average Bonchev–Trinajstić information content (AvgIpc) is 3.21. The summed E-state index contributed by atoms with van der Waals surface area (Å²) < 4.78 is 7.19. The molecule has 2 N–H and O–H groups in total. The standard InChI is InChI=1S/C24H37N7O/c1-4-21(30-13-12-18-8-6-7-9-19(18)15-30)14-26-24(25-5-2)27-20-10-11-23-28-22(17-32-3)29-31(23)16-20/h6-9,20-21H,4-5,10-17H2,1-3H3,(H2,25,26,27). The van der Waals surface area contributed by atoms with Gasteiger partial charge in [0.15, 0.2) is 11.8 Å². The van der Waals surface area contributed by atoms with Gasteiger partial charge in [0.2, 0.25) is 0 Å². The Hall–Kier alpha value is -2.45. The van der Waals surface area contributed by atoms with Gasteiger partial charge in [-0.05, 0) is 37.3 Å². The summed E-state index contributed by atoms with van der Waals surface area (Å²) in [6.07, 6.45) is 4.16. The maximum Gasteiger partial charge on any atom is 0.191 e. The van der Waals surface area contributed by atoms with Crippen molar-refractivity contribution < 1.29 is 4.74 Å². The molecule has 0 aliphatic carbocycles. The van der Waals surface area contributed by atoms with E-state index >= 15 is 0 Å². The maximum atomic E-state index is 5.18. The first-order chi connectivity index (χ1) is 15.7. The van der Waals surface area contributed by atoms with Crippen molar-refractivity contribution in [1.29, 1.82) is 0 Å². The lowest BCUT2D eigenvalue weighted by molar-refractivity contribution is 0.177. The molecule has 0 bridgehead atoms. The molecule has 0 fully saturated rings. The zero-order valence-corrected chi connectivity index (χ0v) is 19.7. The Labute approximate surface area is 191 Å². The van der Waals surface area contributed by atoms with Gasteiger partial charge in [0.25, 0.3) is 0 Å². The Balaban J connectivity index is 1.37. The van der Waals surface area contributed by atoms with Gasteiger partial charge in [0, 0.05) is 45.2 Å². The van der Waals surface area contributed by atoms with E-state index in [1.165, 1.54) is 11.1 Å². The van der Waals surface area contributed by atoms with Crippen LogP contribution in [0.2, 0.25) is 0 Å². The predicted molar refractivity (Wildman–Crippen MR) is 127 cm³/mol. The van der Waals surface area contributed by atoms with E-state index in [0.29, 0.717) is 18.7 Å². The summed E-state index contributed by atoms with van der Waals surface area (Å²) in [5, 5.41) is 11.7. The Morgan fingerprint density at radius 3 is 2.88 bits per heavy atom. The summed E-state index contributed by atoms with van der Waals surface area (Å²) in [6, 6.07) is 9.57. The van der Waals surface area contributed by atoms with Crippen LogP contribution in [0, 0.1) is 0 Å². The minimum Gasteiger partial charge on any atom is -0.377 e. The number of aryl methyl sites for hydroxylation is 1. The number of aliphatic imine (C=N–C) groups is 1. The largest absolute Gasteiger partial charge is 0.377 e. The molecule has 0 radical (unpaired) electrons. The van der Waals surface area contributed by atoms with E-state index in [9.17, 15) is 0 Å². The number of fused-ring (bicyclic) bond motifs is 2. The fourth-order valence-electron chi connectivity index (χ4n) is 4.71. The molecule has 0 spiro atoms. The summed E-state index contributed by atoms with van der Waals surface area (Å²) >= 11 is 0. The first kappa shape index (κ1) is 22.7. The first-order valence-corrected chi connectivity index (χ1v) is 12.0. The topological polar surface area (TPSA) is 79.6 Å². The molecule has 4 rings (SSSR count). The zero-order chi connectivity index (χ0) is 22.3. The number of methoxy groups -OCH3 is 1. The fourth-order valence-corrected chi connectivity index (χ4v) is 4.71. The molecule has 174 valence electrons. The number of benzene rings is 1. The third kappa shape index (κ3) is 5.48. The van der Waals surface area contributed by atoms with Crippen LogP contribution in [-0.2, 0) is 37.3 Å². The first-order valence-electron chi connectivity index (χ1n) is 12.0. The predicted octanol–water partition coefficient (Wildman–Crippen LogP) is 2.13. The van der Waals surface area contributed by atoms with Crippen LogP contribution in [0.25, 0.3) is 0 Å². The molecule has 1 aromatic carbocycles. The normalized spacial score (nSPS) is 19.8. The molecule has 3 heterocycles. The molecular formula is C24H37N7O. The number of rotatable bonds is 8. The molecule has 0 saturated heterocycles. The molecule has 0 saturated carbocycles. The van der Waals surface area contributed by atoms with Gasteiger partial charge in [0.05, 0.1) is 13.1 Å². The van der Waals surface area contributed by atoms with Crippen molar-refractivity contribution in [2.75, 3.05) is 26.7 Å². The SMILES string of the molecule is CCNC(=NCC(CC)N1CCc2ccccc2C1)NC1CCc2nc(COC)nn2C1. The van der Waals surface area contributed by atoms with Gasteiger partial charge in [-0.25, -0.2) is 9.67 Å². The van der Waals surface area contributed by atoms with Gasteiger partial charge < -0.3 is 15.4 Å². The number of aromatic nitrogens is 3. The van der Waals surface area contributed by atoms with Crippen LogP contribution in [0.3, 0.4) is 0 Å². The van der Waals surface area contributed by atoms with Crippen molar-refractivity contribution in [3.8, 4) is 0 Å². The van der Waals surface area contributed by atoms with E-state index in [1.54, 1.807) is 7.11 Å². The summed E-state index contributed by atoms with van der Waals surface area (Å²) in [7, 11) is 1.68. The van der Waals surface area contributed by atoms with Crippen molar-refractivity contribution in [1.82, 2.24) is 30.3 Å². The van der Waals surface area contributed by atoms with Gasteiger partial charge in [-0.3, -0.25) is 9.89 Å². The molecule has 2 unspecified atom stereocenters. The summed E-state index contributed by atoms with van der Waals surface area (Å²) in [4.78, 5) is 12.2. The lowest BCUT2D eigenvalue weighted by atomic mass is 9.98. The Kier molecular flexibility index (Phi) is 7.76. The van der Waals surface area contributed by atoms with Crippen LogP contribution in [0.4, 0.5) is 0 Å². The van der Waals surface area contributed by atoms with E-state index in [0.717, 1.165) is 76.0 Å². The highest BCUT2D eigenvalue weighted by molar-refractivity contribution is 5.80. The molecule has 8 nitrogen and oxygen atoms in total. The molecule has 2 aliphatic rings. The van der Waals surface area contributed by atoms with E-state index in [4.69, 9.17) is 9.73 Å². The van der Waals surface area contributed by atoms with Crippen molar-refractivity contribution in [2.24, 2.45) is 4.99 Å². The van der Waals surface area contributed by atoms with E-state index in [2.05, 4.69) is 63.7 Å². The fraction of sp³-hybridized carbons (Fsp3) is 0.625. The molecule has 0 amide bonds. The smallest absolute Gasteiger partial charge is 0.191 e. The molecule has 2 aromatic rings. The van der Waals surface area contributed by atoms with Crippen LogP contribution in [0.15, 0.2) is 29.3 Å². The van der Waals surface area contributed by atoms with E-state index in [-0.39, 0.29) is 0 Å². The Morgan fingerprint density at radius 2 is 2.09 bits per heavy atom. The van der Waals surface area contributed by atoms with Gasteiger partial charge in [0.1, 0.15) is 12.4 Å². The van der Waals surface area contributed by atoms with Gasteiger partial charge >= 0.3 is 0 Å². The molecule has 2 atom stereocenters. The molecular weight excluding hydrogens is 402 g/mol. The van der Waals surface area contributed by atoms with Gasteiger partial charge in [-0.2, -0.15) is 5.10 Å². The third-order valence-corrected chi connectivity index (χ3v) is 6.47. The lowest BCUT2D eigenvalue weighted by Gasteiger charge is -2.34. The number of nitrogens with zero attached hydrogens (tertiary/aromatic N) is 5. The minimum atomic E-state index is 0.291. The number of nitrogens with one attached hydrogen (secondary N) is 2. The van der Waals surface area contributed by atoms with Crippen LogP contribution >= 0.6 is 0 Å². The highest BCUT2D eigenvalue weighted by Crippen LogP contribution is 2.21. The third-order valence-electron chi connectivity index (χ3n) is 6.47. The minimum absolute atomic E-state index is 0.291. The number of hydrogen-bond donors (Lipinski definition) is 2. The van der Waals surface area contributed by atoms with Crippen LogP contribution in [0.5, 0.6) is 0 Å². The highest BCUT2D eigenvalue weighted by Gasteiger charge is 2.24. The van der Waals surface area contributed by atoms with Crippen molar-refractivity contribution >= 4 is 5.96 Å². The molecule has 2 aliphatic heterocycles. The van der Waals surface area contributed by atoms with E-state index in [1.807, 2.05) is 4.68 Å². The average molecular weight is 440 g/mol. The summed E-state index contributed by atoms with van der Waals surface area (Å²) in [5.74, 6) is 2.71. The van der Waals surface area contributed by atoms with Crippen LogP contribution in [-0.4, -0.2) is 64.5 Å². The van der Waals surface area contributed by atoms with Gasteiger partial charge in [-0.1, -0.05) is 31.2 Å². The van der Waals surface area contributed by atoms with E-state index < -0.39 is 0 Å². The quantitative estimate of drug-likeness (QED) is 0.485. The molecule has 8 heteroatoms. The lowest BCUT2D eigenvalue weighted by Crippen LogP contribution is -2.48. The summed E-state index contributed by atoms with van der Waals surface area (Å²) in [5.41, 5.74) is 2.96. The molecule has 32 heavy (non-hydrogen) atoms. The second kappa shape index (κ2) is 10.9. The summed E-state index contributed by atoms with van der Waals surface area (Å²) in [6.45, 7) is 9.42. The number of guanidine groups is 1. The van der Waals surface area contributed by atoms with Crippen LogP contribution < -0.4 is 10.6 Å².